The van der Waals surface area contributed by atoms with Crippen LogP contribution in [0.25, 0.3) is 0 Å². The van der Waals surface area contributed by atoms with Gasteiger partial charge in [-0.1, -0.05) is 11.6 Å². The van der Waals surface area contributed by atoms with Crippen LogP contribution in [0.1, 0.15) is 0 Å². The number of nitrogens with two attached hydrogens (primary N) is 2. The van der Waals surface area contributed by atoms with Gasteiger partial charge in [-0.2, -0.15) is 0 Å². The molecule has 0 heterocycles. The van der Waals surface area contributed by atoms with E-state index in [2.05, 4.69) is 4.99 Å². The number of aliphatic imine (C=N–C) groups is 1. The Morgan fingerprint density at radius 1 is 1.18 bits per heavy atom. The van der Waals surface area contributed by atoms with E-state index >= 15 is 0 Å². The minimum absolute atomic E-state index is 0.139. The molecule has 17 heavy (non-hydrogen) atoms. The van der Waals surface area contributed by atoms with Crippen molar-refractivity contribution in [2.75, 3.05) is 11.5 Å². The van der Waals surface area contributed by atoms with Gasteiger partial charge in [-0.3, -0.25) is 4.79 Å². The van der Waals surface area contributed by atoms with E-state index in [-0.39, 0.29) is 10.8 Å². The topological polar surface area (TPSA) is 81.5 Å². The Morgan fingerprint density at radius 3 is 2.59 bits per heavy atom. The molecule has 0 aromatic heterocycles. The number of nitrogen functional groups attached to an aromatic ring is 2. The van der Waals surface area contributed by atoms with Crippen molar-refractivity contribution < 1.29 is 4.79 Å². The lowest BCUT2D eigenvalue weighted by Crippen LogP contribution is -2.03. The predicted molar refractivity (Wildman–Crippen MR) is 70.4 cm³/mol. The van der Waals surface area contributed by atoms with Crippen LogP contribution in [0.2, 0.25) is 0 Å². The quantitative estimate of drug-likeness (QED) is 0.590. The van der Waals surface area contributed by atoms with Gasteiger partial charge in [0.15, 0.2) is 5.78 Å². The van der Waals surface area contributed by atoms with E-state index in [4.69, 9.17) is 23.1 Å². The molecule has 1 aliphatic carbocycles. The fourth-order valence-corrected chi connectivity index (χ4v) is 1.55. The fourth-order valence-electron chi connectivity index (χ4n) is 1.37. The van der Waals surface area contributed by atoms with E-state index in [9.17, 15) is 4.79 Å². The zero-order chi connectivity index (χ0) is 12.4. The molecular formula is C12H10ClN3O. The maximum atomic E-state index is 11.1. The fraction of sp³-hybridized carbons (Fsp3) is 0. The van der Waals surface area contributed by atoms with Gasteiger partial charge in [0.25, 0.3) is 0 Å². The molecule has 4 nitrogen and oxygen atoms in total. The van der Waals surface area contributed by atoms with Gasteiger partial charge in [-0.15, -0.1) is 0 Å². The van der Waals surface area contributed by atoms with Gasteiger partial charge in [0.1, 0.15) is 0 Å². The van der Waals surface area contributed by atoms with E-state index < -0.39 is 0 Å². The van der Waals surface area contributed by atoms with Crippen LogP contribution in [-0.2, 0) is 4.79 Å². The molecule has 2 rings (SSSR count). The number of benzene rings is 1. The number of nitrogens with zero attached hydrogens (tertiary/aromatic N) is 1. The van der Waals surface area contributed by atoms with Crippen molar-refractivity contribution in [3.05, 3.63) is 41.5 Å². The molecule has 0 bridgehead atoms. The Morgan fingerprint density at radius 2 is 1.94 bits per heavy atom. The Labute approximate surface area is 103 Å². The van der Waals surface area contributed by atoms with E-state index in [0.29, 0.717) is 22.8 Å². The summed E-state index contributed by atoms with van der Waals surface area (Å²) in [5.41, 5.74) is 13.6. The molecule has 0 unspecified atom stereocenters. The highest BCUT2D eigenvalue weighted by Crippen LogP contribution is 2.25. The lowest BCUT2D eigenvalue weighted by Gasteiger charge is -2.05. The third kappa shape index (κ3) is 2.54. The monoisotopic (exact) mass is 247 g/mol. The first kappa shape index (κ1) is 11.4. The molecule has 0 saturated heterocycles. The number of carbonyl (C=O) groups is 1. The Balaban J connectivity index is 2.38. The third-order valence-corrected chi connectivity index (χ3v) is 2.51. The highest BCUT2D eigenvalue weighted by molar-refractivity contribution is 6.47. The van der Waals surface area contributed by atoms with Gasteiger partial charge in [-0.05, 0) is 36.4 Å². The summed E-state index contributed by atoms with van der Waals surface area (Å²) in [5, 5.41) is 0.139. The standard InChI is InChI=1S/C12H10ClN3O/c13-9-6-8(2-4-12(9)17)16-11-3-1-7(14)5-10(11)15/h1-6H,14-15H2. The van der Waals surface area contributed by atoms with Crippen LogP contribution in [0.3, 0.4) is 0 Å². The van der Waals surface area contributed by atoms with Crippen LogP contribution in [0.4, 0.5) is 17.1 Å². The first-order valence-electron chi connectivity index (χ1n) is 4.89. The molecule has 0 radical (unpaired) electrons. The number of hydrogen-bond acceptors (Lipinski definition) is 4. The SMILES string of the molecule is Nc1ccc(N=C2C=CC(=O)C(Cl)=C2)c(N)c1. The zero-order valence-electron chi connectivity index (χ0n) is 8.85. The highest BCUT2D eigenvalue weighted by Gasteiger charge is 2.09. The van der Waals surface area contributed by atoms with Gasteiger partial charge >= 0.3 is 0 Å². The normalized spacial score (nSPS) is 17.4. The van der Waals surface area contributed by atoms with Crippen LogP contribution < -0.4 is 11.5 Å². The zero-order valence-corrected chi connectivity index (χ0v) is 9.61. The third-order valence-electron chi connectivity index (χ3n) is 2.22. The molecule has 5 heteroatoms. The first-order valence-corrected chi connectivity index (χ1v) is 5.27. The summed E-state index contributed by atoms with van der Waals surface area (Å²) in [6.07, 6.45) is 4.46. The largest absolute Gasteiger partial charge is 0.399 e. The number of rotatable bonds is 1. The maximum absolute atomic E-state index is 11.1. The van der Waals surface area contributed by atoms with Gasteiger partial charge in [-0.25, -0.2) is 4.99 Å². The van der Waals surface area contributed by atoms with Crippen molar-refractivity contribution in [2.24, 2.45) is 4.99 Å². The van der Waals surface area contributed by atoms with Crippen molar-refractivity contribution >= 4 is 40.2 Å². The van der Waals surface area contributed by atoms with Crippen molar-refractivity contribution in [3.63, 3.8) is 0 Å². The van der Waals surface area contributed by atoms with Gasteiger partial charge < -0.3 is 11.5 Å². The van der Waals surface area contributed by atoms with Gasteiger partial charge in [0.2, 0.25) is 0 Å². The summed E-state index contributed by atoms with van der Waals surface area (Å²) >= 11 is 5.72. The molecule has 0 fully saturated rings. The van der Waals surface area contributed by atoms with Crippen LogP contribution in [0.5, 0.6) is 0 Å². The van der Waals surface area contributed by atoms with E-state index in [1.807, 2.05) is 0 Å². The summed E-state index contributed by atoms with van der Waals surface area (Å²) in [5.74, 6) is -0.226. The van der Waals surface area contributed by atoms with Gasteiger partial charge in [0.05, 0.1) is 22.1 Å². The van der Waals surface area contributed by atoms with Crippen LogP contribution in [0, 0.1) is 0 Å². The molecule has 0 atom stereocenters. The molecule has 0 amide bonds. The van der Waals surface area contributed by atoms with Gasteiger partial charge in [0, 0.05) is 5.69 Å². The Hall–Kier alpha value is -2.07. The molecule has 1 aliphatic rings. The predicted octanol–water partition coefficient (Wildman–Crippen LogP) is 2.19. The van der Waals surface area contributed by atoms with E-state index in [1.54, 1.807) is 24.3 Å². The second kappa shape index (κ2) is 4.43. The molecule has 0 saturated carbocycles. The number of anilines is 2. The molecule has 0 spiro atoms. The molecule has 1 aromatic carbocycles. The molecular weight excluding hydrogens is 238 g/mol. The average molecular weight is 248 g/mol. The summed E-state index contributed by atoms with van der Waals surface area (Å²) in [7, 11) is 0. The Bertz CT molecular complexity index is 573. The number of allylic oxidation sites excluding steroid dienone is 4. The van der Waals surface area contributed by atoms with Crippen molar-refractivity contribution in [1.82, 2.24) is 0 Å². The maximum Gasteiger partial charge on any atom is 0.197 e. The van der Waals surface area contributed by atoms with E-state index in [0.717, 1.165) is 0 Å². The number of carbonyl (C=O) groups excluding carboxylic acids is 1. The van der Waals surface area contributed by atoms with E-state index in [1.165, 1.54) is 12.2 Å². The van der Waals surface area contributed by atoms with Crippen molar-refractivity contribution in [1.29, 1.82) is 0 Å². The summed E-state index contributed by atoms with van der Waals surface area (Å²) in [4.78, 5) is 15.4. The summed E-state index contributed by atoms with van der Waals surface area (Å²) < 4.78 is 0. The minimum atomic E-state index is -0.226. The van der Waals surface area contributed by atoms with Crippen LogP contribution >= 0.6 is 11.6 Å². The molecule has 1 aromatic rings. The highest BCUT2D eigenvalue weighted by atomic mass is 35.5. The second-order valence-electron chi connectivity index (χ2n) is 3.54. The van der Waals surface area contributed by atoms with Crippen LogP contribution in [0.15, 0.2) is 46.5 Å². The Kier molecular flexibility index (Phi) is 2.97. The summed E-state index contributed by atoms with van der Waals surface area (Å²) in [6, 6.07) is 5.05. The molecule has 86 valence electrons. The number of halogens is 1. The van der Waals surface area contributed by atoms with Crippen LogP contribution in [-0.4, -0.2) is 11.5 Å². The van der Waals surface area contributed by atoms with Crippen molar-refractivity contribution in [3.8, 4) is 0 Å². The molecule has 0 aliphatic heterocycles. The smallest absolute Gasteiger partial charge is 0.197 e. The lowest BCUT2D eigenvalue weighted by atomic mass is 10.1. The second-order valence-corrected chi connectivity index (χ2v) is 3.95. The summed E-state index contributed by atoms with van der Waals surface area (Å²) in [6.45, 7) is 0. The average Bonchev–Trinajstić information content (AvgIpc) is 2.27. The van der Waals surface area contributed by atoms with Crippen molar-refractivity contribution in [2.45, 2.75) is 0 Å². The number of ketones is 1. The lowest BCUT2D eigenvalue weighted by molar-refractivity contribution is -0.110. The molecule has 4 N–H and O–H groups in total. The first-order chi connectivity index (χ1) is 8.06. The minimum Gasteiger partial charge on any atom is -0.399 e. The number of hydrogen-bond donors (Lipinski definition) is 2.